The number of ether oxygens (including phenoxy) is 2. The molecular formula is C21H18FNO5. The van der Waals surface area contributed by atoms with E-state index in [4.69, 9.17) is 13.9 Å². The highest BCUT2D eigenvalue weighted by molar-refractivity contribution is 5.93. The van der Waals surface area contributed by atoms with E-state index in [0.717, 1.165) is 0 Å². The summed E-state index contributed by atoms with van der Waals surface area (Å²) in [6, 6.07) is 14.1. The highest BCUT2D eigenvalue weighted by Gasteiger charge is 2.16. The summed E-state index contributed by atoms with van der Waals surface area (Å²) in [4.78, 5) is 24.2. The maximum atomic E-state index is 13.8. The molecule has 2 aromatic carbocycles. The Hall–Kier alpha value is -3.61. The first-order chi connectivity index (χ1) is 13.5. The summed E-state index contributed by atoms with van der Waals surface area (Å²) in [6.07, 6.45) is 0. The van der Waals surface area contributed by atoms with Crippen molar-refractivity contribution in [3.05, 3.63) is 77.3 Å². The first-order valence-electron chi connectivity index (χ1n) is 8.41. The van der Waals surface area contributed by atoms with Crippen LogP contribution in [0, 0.1) is 5.82 Å². The molecule has 0 bridgehead atoms. The number of amides is 1. The zero-order valence-electron chi connectivity index (χ0n) is 15.3. The summed E-state index contributed by atoms with van der Waals surface area (Å²) >= 11 is 0. The molecule has 1 heterocycles. The van der Waals surface area contributed by atoms with E-state index in [-0.39, 0.29) is 29.2 Å². The molecule has 6 nitrogen and oxygen atoms in total. The molecule has 0 aliphatic heterocycles. The van der Waals surface area contributed by atoms with Crippen molar-refractivity contribution in [3.63, 3.8) is 0 Å². The number of nitrogens with one attached hydrogen (secondary N) is 1. The molecule has 0 aliphatic carbocycles. The van der Waals surface area contributed by atoms with E-state index < -0.39 is 17.7 Å². The predicted octanol–water partition coefficient (Wildman–Crippen LogP) is 3.81. The van der Waals surface area contributed by atoms with E-state index in [1.54, 1.807) is 36.4 Å². The van der Waals surface area contributed by atoms with Gasteiger partial charge in [0, 0.05) is 6.54 Å². The van der Waals surface area contributed by atoms with Gasteiger partial charge in [-0.2, -0.15) is 0 Å². The standard InChI is InChI=1S/C21H18FNO5/c1-26-17-8-7-13(11-15(17)21(25)27-2)12-23-20(24)19-10-9-18(28-19)14-5-3-4-6-16(14)22/h3-11H,12H2,1-2H3,(H,23,24). The third-order valence-electron chi connectivity index (χ3n) is 4.09. The molecule has 28 heavy (non-hydrogen) atoms. The van der Waals surface area contributed by atoms with Crippen LogP contribution in [0.25, 0.3) is 11.3 Å². The van der Waals surface area contributed by atoms with Crippen molar-refractivity contribution in [3.8, 4) is 17.1 Å². The molecular weight excluding hydrogens is 365 g/mol. The highest BCUT2D eigenvalue weighted by atomic mass is 19.1. The normalized spacial score (nSPS) is 10.4. The van der Waals surface area contributed by atoms with E-state index >= 15 is 0 Å². The second-order valence-electron chi connectivity index (χ2n) is 5.85. The first-order valence-corrected chi connectivity index (χ1v) is 8.41. The minimum Gasteiger partial charge on any atom is -0.496 e. The Morgan fingerprint density at radius 3 is 2.57 bits per heavy atom. The molecule has 144 valence electrons. The van der Waals surface area contributed by atoms with Gasteiger partial charge in [-0.05, 0) is 42.0 Å². The lowest BCUT2D eigenvalue weighted by molar-refractivity contribution is 0.0597. The van der Waals surface area contributed by atoms with Gasteiger partial charge in [0.1, 0.15) is 22.9 Å². The topological polar surface area (TPSA) is 77.8 Å². The van der Waals surface area contributed by atoms with Crippen LogP contribution in [0.5, 0.6) is 5.75 Å². The van der Waals surface area contributed by atoms with Crippen molar-refractivity contribution < 1.29 is 27.9 Å². The van der Waals surface area contributed by atoms with Crippen LogP contribution in [0.4, 0.5) is 4.39 Å². The van der Waals surface area contributed by atoms with Crippen molar-refractivity contribution in [2.45, 2.75) is 6.54 Å². The lowest BCUT2D eigenvalue weighted by Gasteiger charge is -2.09. The van der Waals surface area contributed by atoms with Gasteiger partial charge in [0.05, 0.1) is 19.8 Å². The molecule has 1 N–H and O–H groups in total. The Morgan fingerprint density at radius 1 is 1.07 bits per heavy atom. The second-order valence-corrected chi connectivity index (χ2v) is 5.85. The van der Waals surface area contributed by atoms with Crippen LogP contribution >= 0.6 is 0 Å². The highest BCUT2D eigenvalue weighted by Crippen LogP contribution is 2.25. The van der Waals surface area contributed by atoms with Gasteiger partial charge < -0.3 is 19.2 Å². The van der Waals surface area contributed by atoms with E-state index in [2.05, 4.69) is 5.32 Å². The molecule has 0 fully saturated rings. The minimum atomic E-state index is -0.536. The van der Waals surface area contributed by atoms with Crippen molar-refractivity contribution in [2.24, 2.45) is 0 Å². The average molecular weight is 383 g/mol. The molecule has 0 atom stereocenters. The summed E-state index contributed by atoms with van der Waals surface area (Å²) in [5.41, 5.74) is 1.21. The molecule has 0 saturated carbocycles. The van der Waals surface area contributed by atoms with Gasteiger partial charge in [-0.3, -0.25) is 4.79 Å². The molecule has 0 saturated heterocycles. The fourth-order valence-electron chi connectivity index (χ4n) is 2.67. The monoisotopic (exact) mass is 383 g/mol. The Bertz CT molecular complexity index is 1010. The van der Waals surface area contributed by atoms with Gasteiger partial charge in [0.25, 0.3) is 5.91 Å². The van der Waals surface area contributed by atoms with Crippen LogP contribution in [0.3, 0.4) is 0 Å². The number of rotatable bonds is 6. The van der Waals surface area contributed by atoms with Crippen LogP contribution in [0.15, 0.2) is 59.0 Å². The summed E-state index contributed by atoms with van der Waals surface area (Å²) in [7, 11) is 2.73. The number of furan rings is 1. The summed E-state index contributed by atoms with van der Waals surface area (Å²) < 4.78 is 29.2. The lowest BCUT2D eigenvalue weighted by Crippen LogP contribution is -2.22. The van der Waals surface area contributed by atoms with Crippen LogP contribution in [0.2, 0.25) is 0 Å². The Labute approximate surface area is 160 Å². The van der Waals surface area contributed by atoms with Crippen molar-refractivity contribution in [2.75, 3.05) is 14.2 Å². The van der Waals surface area contributed by atoms with Gasteiger partial charge in [0.2, 0.25) is 0 Å². The van der Waals surface area contributed by atoms with Gasteiger partial charge in [0.15, 0.2) is 5.76 Å². The summed E-state index contributed by atoms with van der Waals surface area (Å²) in [5, 5.41) is 2.70. The van der Waals surface area contributed by atoms with Crippen LogP contribution in [-0.2, 0) is 11.3 Å². The number of halogens is 1. The summed E-state index contributed by atoms with van der Waals surface area (Å²) in [6.45, 7) is 0.155. The SMILES string of the molecule is COC(=O)c1cc(CNC(=O)c2ccc(-c3ccccc3F)o2)ccc1OC. The molecule has 0 aliphatic rings. The number of benzene rings is 2. The van der Waals surface area contributed by atoms with E-state index in [9.17, 15) is 14.0 Å². The van der Waals surface area contributed by atoms with Crippen molar-refractivity contribution >= 4 is 11.9 Å². The molecule has 3 aromatic rings. The number of hydrogen-bond donors (Lipinski definition) is 1. The van der Waals surface area contributed by atoms with Gasteiger partial charge in [-0.15, -0.1) is 0 Å². The third kappa shape index (κ3) is 4.03. The number of esters is 1. The zero-order chi connectivity index (χ0) is 20.1. The maximum Gasteiger partial charge on any atom is 0.341 e. The average Bonchev–Trinajstić information content (AvgIpc) is 3.21. The fraction of sp³-hybridized carbons (Fsp3) is 0.143. The van der Waals surface area contributed by atoms with E-state index in [1.807, 2.05) is 0 Å². The molecule has 1 amide bonds. The Kier molecular flexibility index (Phi) is 5.74. The van der Waals surface area contributed by atoms with Gasteiger partial charge >= 0.3 is 5.97 Å². The van der Waals surface area contributed by atoms with Crippen molar-refractivity contribution in [1.82, 2.24) is 5.32 Å². The molecule has 3 rings (SSSR count). The molecule has 0 unspecified atom stereocenters. The lowest BCUT2D eigenvalue weighted by atomic mass is 10.1. The first kappa shape index (κ1) is 19.2. The maximum absolute atomic E-state index is 13.8. The molecule has 0 spiro atoms. The van der Waals surface area contributed by atoms with Crippen molar-refractivity contribution in [1.29, 1.82) is 0 Å². The van der Waals surface area contributed by atoms with Crippen LogP contribution < -0.4 is 10.1 Å². The molecule has 1 aromatic heterocycles. The summed E-state index contributed by atoms with van der Waals surface area (Å²) in [5.74, 6) is -0.732. The smallest absolute Gasteiger partial charge is 0.341 e. The van der Waals surface area contributed by atoms with E-state index in [1.165, 1.54) is 32.4 Å². The number of hydrogen-bond acceptors (Lipinski definition) is 5. The largest absolute Gasteiger partial charge is 0.496 e. The Balaban J connectivity index is 1.71. The predicted molar refractivity (Wildman–Crippen MR) is 99.6 cm³/mol. The Morgan fingerprint density at radius 2 is 1.86 bits per heavy atom. The van der Waals surface area contributed by atoms with Crippen LogP contribution in [-0.4, -0.2) is 26.1 Å². The number of carbonyl (C=O) groups is 2. The quantitative estimate of drug-likeness (QED) is 0.655. The molecule has 7 heteroatoms. The second kappa shape index (κ2) is 8.39. The number of carbonyl (C=O) groups excluding carboxylic acids is 2. The fourth-order valence-corrected chi connectivity index (χ4v) is 2.67. The van der Waals surface area contributed by atoms with Crippen LogP contribution in [0.1, 0.15) is 26.5 Å². The van der Waals surface area contributed by atoms with Gasteiger partial charge in [-0.1, -0.05) is 18.2 Å². The van der Waals surface area contributed by atoms with E-state index in [0.29, 0.717) is 11.3 Å². The van der Waals surface area contributed by atoms with Gasteiger partial charge in [-0.25, -0.2) is 9.18 Å². The molecule has 0 radical (unpaired) electrons. The third-order valence-corrected chi connectivity index (χ3v) is 4.09. The zero-order valence-corrected chi connectivity index (χ0v) is 15.3. The minimum absolute atomic E-state index is 0.0555. The number of methoxy groups -OCH3 is 2.